The number of aromatic amines is 1. The second kappa shape index (κ2) is 6.21. The molecule has 2 aromatic carbocycles. The summed E-state index contributed by atoms with van der Waals surface area (Å²) in [6.45, 7) is 0.591. The van der Waals surface area contributed by atoms with Gasteiger partial charge in [0, 0.05) is 5.69 Å². The van der Waals surface area contributed by atoms with Crippen LogP contribution in [0.5, 0.6) is 0 Å². The van der Waals surface area contributed by atoms with Crippen LogP contribution in [0, 0.1) is 4.77 Å². The maximum absolute atomic E-state index is 5.26. The zero-order valence-electron chi connectivity index (χ0n) is 12.7. The van der Waals surface area contributed by atoms with Crippen molar-refractivity contribution in [2.24, 2.45) is 0 Å². The van der Waals surface area contributed by atoms with E-state index in [2.05, 4.69) is 25.6 Å². The molecule has 118 valence electrons. The molecule has 0 saturated heterocycles. The summed E-state index contributed by atoms with van der Waals surface area (Å²) in [4.78, 5) is 7.44. The minimum absolute atomic E-state index is 0.387. The molecule has 0 aliphatic rings. The van der Waals surface area contributed by atoms with Crippen LogP contribution < -0.4 is 5.32 Å². The Morgan fingerprint density at radius 1 is 1.00 bits per heavy atom. The third kappa shape index (κ3) is 2.89. The van der Waals surface area contributed by atoms with Gasteiger partial charge in [0.25, 0.3) is 0 Å². The SMILES string of the molecule is S=c1nc2c(nnn2Cc2ccccc2)c(Nc2ccccc2)[nH]1. The smallest absolute Gasteiger partial charge is 0.200 e. The number of para-hydroxylation sites is 1. The van der Waals surface area contributed by atoms with Gasteiger partial charge in [-0.25, -0.2) is 4.68 Å². The highest BCUT2D eigenvalue weighted by molar-refractivity contribution is 7.71. The van der Waals surface area contributed by atoms with E-state index < -0.39 is 0 Å². The summed E-state index contributed by atoms with van der Waals surface area (Å²) in [5, 5.41) is 11.8. The van der Waals surface area contributed by atoms with Gasteiger partial charge in [0.1, 0.15) is 5.82 Å². The summed E-state index contributed by atoms with van der Waals surface area (Å²) in [5.41, 5.74) is 3.38. The van der Waals surface area contributed by atoms with Crippen LogP contribution >= 0.6 is 12.2 Å². The Labute approximate surface area is 143 Å². The maximum Gasteiger partial charge on any atom is 0.200 e. The third-order valence-corrected chi connectivity index (χ3v) is 3.80. The molecular formula is C17H14N6S. The number of fused-ring (bicyclic) bond motifs is 1. The second-order valence-corrected chi connectivity index (χ2v) is 5.70. The Balaban J connectivity index is 1.75. The molecule has 0 spiro atoms. The first-order valence-electron chi connectivity index (χ1n) is 7.49. The van der Waals surface area contributed by atoms with Gasteiger partial charge in [-0.2, -0.15) is 4.98 Å². The quantitative estimate of drug-likeness (QED) is 0.557. The fourth-order valence-corrected chi connectivity index (χ4v) is 2.68. The first-order chi connectivity index (χ1) is 11.8. The van der Waals surface area contributed by atoms with E-state index in [0.717, 1.165) is 11.3 Å². The van der Waals surface area contributed by atoms with Crippen LogP contribution in [0.2, 0.25) is 0 Å². The van der Waals surface area contributed by atoms with E-state index in [1.165, 1.54) is 0 Å². The number of anilines is 2. The molecule has 2 N–H and O–H groups in total. The van der Waals surface area contributed by atoms with Crippen molar-refractivity contribution in [3.63, 3.8) is 0 Å². The molecule has 0 aliphatic heterocycles. The monoisotopic (exact) mass is 334 g/mol. The lowest BCUT2D eigenvalue weighted by molar-refractivity contribution is 0.663. The van der Waals surface area contributed by atoms with Crippen molar-refractivity contribution < 1.29 is 0 Å². The minimum Gasteiger partial charge on any atom is -0.340 e. The fraction of sp³-hybridized carbons (Fsp3) is 0.0588. The van der Waals surface area contributed by atoms with Crippen molar-refractivity contribution in [2.45, 2.75) is 6.54 Å². The third-order valence-electron chi connectivity index (χ3n) is 3.60. The molecular weight excluding hydrogens is 320 g/mol. The van der Waals surface area contributed by atoms with Crippen LogP contribution in [-0.2, 0) is 6.54 Å². The highest BCUT2D eigenvalue weighted by Crippen LogP contribution is 2.21. The first-order valence-corrected chi connectivity index (χ1v) is 7.90. The van der Waals surface area contributed by atoms with Crippen LogP contribution in [0.15, 0.2) is 60.7 Å². The Morgan fingerprint density at radius 2 is 1.71 bits per heavy atom. The average molecular weight is 334 g/mol. The molecule has 2 aromatic heterocycles. The number of rotatable bonds is 4. The van der Waals surface area contributed by atoms with E-state index in [-0.39, 0.29) is 0 Å². The van der Waals surface area contributed by atoms with E-state index in [9.17, 15) is 0 Å². The molecule has 2 heterocycles. The van der Waals surface area contributed by atoms with E-state index in [1.54, 1.807) is 4.68 Å². The lowest BCUT2D eigenvalue weighted by Gasteiger charge is -2.07. The summed E-state index contributed by atoms with van der Waals surface area (Å²) in [5.74, 6) is 0.690. The van der Waals surface area contributed by atoms with Gasteiger partial charge in [0.2, 0.25) is 4.77 Å². The van der Waals surface area contributed by atoms with Gasteiger partial charge < -0.3 is 10.3 Å². The van der Waals surface area contributed by atoms with Crippen LogP contribution in [0.4, 0.5) is 11.5 Å². The second-order valence-electron chi connectivity index (χ2n) is 5.31. The Kier molecular flexibility index (Phi) is 3.76. The predicted molar refractivity (Wildman–Crippen MR) is 95.8 cm³/mol. The zero-order valence-corrected chi connectivity index (χ0v) is 13.5. The van der Waals surface area contributed by atoms with Gasteiger partial charge in [-0.15, -0.1) is 5.10 Å². The molecule has 7 heteroatoms. The number of H-pyrrole nitrogens is 1. The molecule has 6 nitrogen and oxygen atoms in total. The molecule has 0 bridgehead atoms. The van der Waals surface area contributed by atoms with Crippen LogP contribution in [0.1, 0.15) is 5.56 Å². The fourth-order valence-electron chi connectivity index (χ4n) is 2.49. The van der Waals surface area contributed by atoms with Gasteiger partial charge in [-0.3, -0.25) is 0 Å². The largest absolute Gasteiger partial charge is 0.340 e. The minimum atomic E-state index is 0.387. The average Bonchev–Trinajstić information content (AvgIpc) is 3.00. The summed E-state index contributed by atoms with van der Waals surface area (Å²) in [6, 6.07) is 19.9. The van der Waals surface area contributed by atoms with Crippen molar-refractivity contribution in [3.8, 4) is 0 Å². The highest BCUT2D eigenvalue weighted by atomic mass is 32.1. The van der Waals surface area contributed by atoms with Gasteiger partial charge in [-0.1, -0.05) is 53.7 Å². The van der Waals surface area contributed by atoms with Crippen LogP contribution in [0.3, 0.4) is 0 Å². The van der Waals surface area contributed by atoms with Gasteiger partial charge >= 0.3 is 0 Å². The van der Waals surface area contributed by atoms with Crippen molar-refractivity contribution in [2.75, 3.05) is 5.32 Å². The molecule has 0 amide bonds. The summed E-state index contributed by atoms with van der Waals surface area (Å²) >= 11 is 5.26. The maximum atomic E-state index is 5.26. The summed E-state index contributed by atoms with van der Waals surface area (Å²) < 4.78 is 2.14. The lowest BCUT2D eigenvalue weighted by atomic mass is 10.2. The number of hydrogen-bond donors (Lipinski definition) is 2. The molecule has 0 saturated carbocycles. The Hall–Kier alpha value is -3.06. The predicted octanol–water partition coefficient (Wildman–Crippen LogP) is 3.68. The summed E-state index contributed by atoms with van der Waals surface area (Å²) in [7, 11) is 0. The normalized spacial score (nSPS) is 10.8. The molecule has 0 unspecified atom stereocenters. The van der Waals surface area contributed by atoms with Crippen LogP contribution in [-0.4, -0.2) is 25.0 Å². The first kappa shape index (κ1) is 14.5. The highest BCUT2D eigenvalue weighted by Gasteiger charge is 2.12. The lowest BCUT2D eigenvalue weighted by Crippen LogP contribution is -2.03. The number of aromatic nitrogens is 5. The molecule has 0 radical (unpaired) electrons. The van der Waals surface area contributed by atoms with Gasteiger partial charge in [-0.05, 0) is 29.9 Å². The Morgan fingerprint density at radius 3 is 2.46 bits per heavy atom. The van der Waals surface area contributed by atoms with E-state index >= 15 is 0 Å². The molecule has 24 heavy (non-hydrogen) atoms. The number of nitrogens with one attached hydrogen (secondary N) is 2. The molecule has 0 atom stereocenters. The van der Waals surface area contributed by atoms with Crippen molar-refractivity contribution in [1.29, 1.82) is 0 Å². The molecule has 0 aliphatic carbocycles. The van der Waals surface area contributed by atoms with E-state index in [0.29, 0.717) is 28.3 Å². The van der Waals surface area contributed by atoms with Crippen LogP contribution in [0.25, 0.3) is 11.2 Å². The van der Waals surface area contributed by atoms with E-state index in [1.807, 2.05) is 60.7 Å². The Bertz CT molecular complexity index is 1020. The number of hydrogen-bond acceptors (Lipinski definition) is 5. The summed E-state index contributed by atoms with van der Waals surface area (Å²) in [6.07, 6.45) is 0. The number of nitrogens with zero attached hydrogens (tertiary/aromatic N) is 4. The van der Waals surface area contributed by atoms with Crippen molar-refractivity contribution >= 4 is 34.9 Å². The molecule has 0 fully saturated rings. The topological polar surface area (TPSA) is 71.4 Å². The standard InChI is InChI=1S/C17H14N6S/c24-17-19-15(18-13-9-5-2-6-10-13)14-16(20-17)23(22-21-14)11-12-7-3-1-4-8-12/h1-10H,11H2,(H2,18,19,20,24). The molecule has 4 rings (SSSR count). The van der Waals surface area contributed by atoms with Crippen molar-refractivity contribution in [3.05, 3.63) is 71.0 Å². The van der Waals surface area contributed by atoms with Gasteiger partial charge in [0.15, 0.2) is 11.2 Å². The molecule has 4 aromatic rings. The zero-order chi connectivity index (χ0) is 16.4. The number of benzene rings is 2. The van der Waals surface area contributed by atoms with Gasteiger partial charge in [0.05, 0.1) is 6.54 Å². The van der Waals surface area contributed by atoms with Crippen molar-refractivity contribution in [1.82, 2.24) is 25.0 Å². The van der Waals surface area contributed by atoms with E-state index in [4.69, 9.17) is 12.2 Å².